The Morgan fingerprint density at radius 2 is 1.88 bits per heavy atom. The van der Waals surface area contributed by atoms with Gasteiger partial charge in [-0.3, -0.25) is 4.79 Å². The summed E-state index contributed by atoms with van der Waals surface area (Å²) >= 11 is 3.46. The van der Waals surface area contributed by atoms with Gasteiger partial charge in [-0.15, -0.1) is 12.4 Å². The maximum Gasteiger partial charge on any atom is 0.257 e. The van der Waals surface area contributed by atoms with E-state index in [4.69, 9.17) is 4.74 Å². The molecule has 1 aromatic rings. The fourth-order valence-electron chi connectivity index (χ4n) is 3.62. The SMILES string of the molecule is CC(C)Oc1cc(Br)ccc1C(=O)N1CC[C@@H]2CNC[C@@H]2CC1.Cl. The maximum absolute atomic E-state index is 13.0. The third-order valence-electron chi connectivity index (χ3n) is 4.84. The van der Waals surface area contributed by atoms with Gasteiger partial charge in [-0.1, -0.05) is 15.9 Å². The summed E-state index contributed by atoms with van der Waals surface area (Å²) in [5, 5.41) is 3.48. The normalized spacial score (nSPS) is 23.4. The lowest BCUT2D eigenvalue weighted by atomic mass is 9.92. The third-order valence-corrected chi connectivity index (χ3v) is 5.34. The quantitative estimate of drug-likeness (QED) is 0.815. The number of fused-ring (bicyclic) bond motifs is 1. The van der Waals surface area contributed by atoms with E-state index in [-0.39, 0.29) is 24.4 Å². The number of hydrogen-bond donors (Lipinski definition) is 1. The van der Waals surface area contributed by atoms with E-state index in [2.05, 4.69) is 21.2 Å². The van der Waals surface area contributed by atoms with Gasteiger partial charge >= 0.3 is 0 Å². The average Bonchev–Trinajstić information content (AvgIpc) is 2.85. The molecule has 2 fully saturated rings. The average molecular weight is 418 g/mol. The van der Waals surface area contributed by atoms with Gasteiger partial charge in [0.1, 0.15) is 5.75 Å². The predicted molar refractivity (Wildman–Crippen MR) is 102 cm³/mol. The number of nitrogens with one attached hydrogen (secondary N) is 1. The van der Waals surface area contributed by atoms with Crippen LogP contribution in [0.15, 0.2) is 22.7 Å². The molecule has 134 valence electrons. The minimum Gasteiger partial charge on any atom is -0.490 e. The zero-order chi connectivity index (χ0) is 16.4. The van der Waals surface area contributed by atoms with Crippen molar-refractivity contribution in [3.63, 3.8) is 0 Å². The molecule has 2 atom stereocenters. The standard InChI is InChI=1S/C18H25BrN2O2.ClH/c1-12(2)23-17-9-15(19)3-4-16(17)18(22)21-7-5-13-10-20-11-14(13)6-8-21;/h3-4,9,12-14,20H,5-8,10-11H2,1-2H3;1H/t13-,14+;. The van der Waals surface area contributed by atoms with Crippen LogP contribution in [0, 0.1) is 11.8 Å². The van der Waals surface area contributed by atoms with Gasteiger partial charge in [0.15, 0.2) is 0 Å². The second kappa shape index (κ2) is 8.54. The summed E-state index contributed by atoms with van der Waals surface area (Å²) < 4.78 is 6.79. The Labute approximate surface area is 158 Å². The molecule has 0 aromatic heterocycles. The number of hydrogen-bond acceptors (Lipinski definition) is 3. The number of rotatable bonds is 3. The smallest absolute Gasteiger partial charge is 0.257 e. The largest absolute Gasteiger partial charge is 0.490 e. The molecule has 2 heterocycles. The molecule has 1 aromatic carbocycles. The van der Waals surface area contributed by atoms with Gasteiger partial charge in [-0.25, -0.2) is 0 Å². The molecule has 0 aliphatic carbocycles. The van der Waals surface area contributed by atoms with Gasteiger partial charge in [0.2, 0.25) is 0 Å². The molecule has 2 aliphatic heterocycles. The minimum atomic E-state index is 0. The van der Waals surface area contributed by atoms with Gasteiger partial charge < -0.3 is 15.0 Å². The van der Waals surface area contributed by atoms with Crippen LogP contribution in [-0.4, -0.2) is 43.1 Å². The molecule has 0 spiro atoms. The topological polar surface area (TPSA) is 41.6 Å². The van der Waals surface area contributed by atoms with Crippen LogP contribution in [0.3, 0.4) is 0 Å². The van der Waals surface area contributed by atoms with Crippen molar-refractivity contribution in [1.82, 2.24) is 10.2 Å². The number of carbonyl (C=O) groups excluding carboxylic acids is 1. The highest BCUT2D eigenvalue weighted by molar-refractivity contribution is 9.10. The molecule has 24 heavy (non-hydrogen) atoms. The fourth-order valence-corrected chi connectivity index (χ4v) is 3.96. The monoisotopic (exact) mass is 416 g/mol. The number of nitrogens with zero attached hydrogens (tertiary/aromatic N) is 1. The van der Waals surface area contributed by atoms with Crippen LogP contribution < -0.4 is 10.1 Å². The Balaban J connectivity index is 0.00000208. The molecule has 1 amide bonds. The van der Waals surface area contributed by atoms with Crippen molar-refractivity contribution in [3.05, 3.63) is 28.2 Å². The summed E-state index contributed by atoms with van der Waals surface area (Å²) in [6.07, 6.45) is 2.24. The van der Waals surface area contributed by atoms with Crippen LogP contribution in [0.4, 0.5) is 0 Å². The number of halogens is 2. The molecule has 0 unspecified atom stereocenters. The van der Waals surface area contributed by atoms with Crippen molar-refractivity contribution >= 4 is 34.2 Å². The van der Waals surface area contributed by atoms with E-state index in [1.54, 1.807) is 0 Å². The molecule has 4 nitrogen and oxygen atoms in total. The highest BCUT2D eigenvalue weighted by Gasteiger charge is 2.32. The molecule has 2 aliphatic rings. The van der Waals surface area contributed by atoms with E-state index in [1.165, 1.54) is 0 Å². The number of carbonyl (C=O) groups is 1. The minimum absolute atomic E-state index is 0. The van der Waals surface area contributed by atoms with Gasteiger partial charge in [0.25, 0.3) is 5.91 Å². The lowest BCUT2D eigenvalue weighted by Crippen LogP contribution is -2.33. The first-order valence-electron chi connectivity index (χ1n) is 8.51. The van der Waals surface area contributed by atoms with Gasteiger partial charge in [-0.2, -0.15) is 0 Å². The highest BCUT2D eigenvalue weighted by atomic mass is 79.9. The first kappa shape index (κ1) is 19.5. The van der Waals surface area contributed by atoms with E-state index in [1.807, 2.05) is 36.9 Å². The van der Waals surface area contributed by atoms with Crippen LogP contribution in [0.2, 0.25) is 0 Å². The molecule has 0 radical (unpaired) electrons. The first-order valence-corrected chi connectivity index (χ1v) is 9.30. The van der Waals surface area contributed by atoms with Crippen molar-refractivity contribution in [1.29, 1.82) is 0 Å². The summed E-state index contributed by atoms with van der Waals surface area (Å²) in [4.78, 5) is 15.0. The van der Waals surface area contributed by atoms with E-state index in [0.717, 1.165) is 55.3 Å². The van der Waals surface area contributed by atoms with Gasteiger partial charge in [0.05, 0.1) is 11.7 Å². The van der Waals surface area contributed by atoms with Crippen molar-refractivity contribution in [3.8, 4) is 5.75 Å². The zero-order valence-electron chi connectivity index (χ0n) is 14.3. The number of benzene rings is 1. The van der Waals surface area contributed by atoms with Crippen LogP contribution >= 0.6 is 28.3 Å². The molecular formula is C18H26BrClN2O2. The summed E-state index contributed by atoms with van der Waals surface area (Å²) in [6.45, 7) is 7.86. The summed E-state index contributed by atoms with van der Waals surface area (Å²) in [5.41, 5.74) is 0.673. The molecule has 3 rings (SSSR count). The third kappa shape index (κ3) is 4.44. The number of ether oxygens (including phenoxy) is 1. The molecular weight excluding hydrogens is 392 g/mol. The van der Waals surface area contributed by atoms with Crippen molar-refractivity contribution in [2.75, 3.05) is 26.2 Å². The Bertz CT molecular complexity index is 568. The lowest BCUT2D eigenvalue weighted by Gasteiger charge is -2.23. The van der Waals surface area contributed by atoms with Crippen LogP contribution in [0.25, 0.3) is 0 Å². The number of likely N-dealkylation sites (tertiary alicyclic amines) is 1. The molecule has 6 heteroatoms. The molecule has 1 N–H and O–H groups in total. The summed E-state index contributed by atoms with van der Waals surface area (Å²) in [7, 11) is 0. The predicted octanol–water partition coefficient (Wildman–Crippen LogP) is 3.73. The Morgan fingerprint density at radius 1 is 1.25 bits per heavy atom. The summed E-state index contributed by atoms with van der Waals surface area (Å²) in [6, 6.07) is 5.68. The fraction of sp³-hybridized carbons (Fsp3) is 0.611. The first-order chi connectivity index (χ1) is 11.0. The van der Waals surface area contributed by atoms with Crippen molar-refractivity contribution < 1.29 is 9.53 Å². The molecule has 0 saturated carbocycles. The maximum atomic E-state index is 13.0. The lowest BCUT2D eigenvalue weighted by molar-refractivity contribution is 0.0752. The van der Waals surface area contributed by atoms with E-state index < -0.39 is 0 Å². The summed E-state index contributed by atoms with van der Waals surface area (Å²) in [5.74, 6) is 2.22. The Kier molecular flexibility index (Phi) is 6.96. The van der Waals surface area contributed by atoms with Gasteiger partial charge in [-0.05, 0) is 69.8 Å². The second-order valence-corrected chi connectivity index (χ2v) is 7.77. The Hall–Kier alpha value is -0.780. The number of amides is 1. The molecule has 0 bridgehead atoms. The van der Waals surface area contributed by atoms with E-state index in [9.17, 15) is 4.79 Å². The van der Waals surface area contributed by atoms with Gasteiger partial charge in [0, 0.05) is 17.6 Å². The van der Waals surface area contributed by atoms with Crippen molar-refractivity contribution in [2.45, 2.75) is 32.8 Å². The second-order valence-electron chi connectivity index (χ2n) is 6.86. The van der Waals surface area contributed by atoms with Crippen LogP contribution in [0.1, 0.15) is 37.0 Å². The van der Waals surface area contributed by atoms with Crippen LogP contribution in [0.5, 0.6) is 5.75 Å². The van der Waals surface area contributed by atoms with Crippen LogP contribution in [-0.2, 0) is 0 Å². The highest BCUT2D eigenvalue weighted by Crippen LogP contribution is 2.30. The Morgan fingerprint density at radius 3 is 2.46 bits per heavy atom. The van der Waals surface area contributed by atoms with Crippen molar-refractivity contribution in [2.24, 2.45) is 11.8 Å². The van der Waals surface area contributed by atoms with E-state index in [0.29, 0.717) is 11.3 Å². The molecule has 2 saturated heterocycles. The van der Waals surface area contributed by atoms with E-state index >= 15 is 0 Å². The zero-order valence-corrected chi connectivity index (χ0v) is 16.7.